The first kappa shape index (κ1) is 11.3. The SMILES string of the molecule is Cc1ccc(C)c(-c2csc(CCN)n2)c1. The minimum absolute atomic E-state index is 0.666. The van der Waals surface area contributed by atoms with Gasteiger partial charge in [-0.15, -0.1) is 11.3 Å². The highest BCUT2D eigenvalue weighted by Crippen LogP contribution is 2.26. The molecule has 0 radical (unpaired) electrons. The first-order valence-electron chi connectivity index (χ1n) is 5.43. The molecule has 0 saturated heterocycles. The quantitative estimate of drug-likeness (QED) is 0.883. The van der Waals surface area contributed by atoms with E-state index in [-0.39, 0.29) is 0 Å². The van der Waals surface area contributed by atoms with Gasteiger partial charge in [0.1, 0.15) is 0 Å². The normalized spacial score (nSPS) is 10.7. The largest absolute Gasteiger partial charge is 0.330 e. The van der Waals surface area contributed by atoms with Crippen LogP contribution in [-0.4, -0.2) is 11.5 Å². The summed E-state index contributed by atoms with van der Waals surface area (Å²) in [5, 5.41) is 3.24. The van der Waals surface area contributed by atoms with Crippen LogP contribution in [0.5, 0.6) is 0 Å². The van der Waals surface area contributed by atoms with Crippen molar-refractivity contribution >= 4 is 11.3 Å². The maximum absolute atomic E-state index is 5.53. The Labute approximate surface area is 100 Å². The van der Waals surface area contributed by atoms with E-state index < -0.39 is 0 Å². The zero-order chi connectivity index (χ0) is 11.5. The average Bonchev–Trinajstić information content (AvgIpc) is 2.71. The Morgan fingerprint density at radius 2 is 2.12 bits per heavy atom. The van der Waals surface area contributed by atoms with Crippen molar-refractivity contribution in [3.05, 3.63) is 39.7 Å². The molecule has 2 aromatic rings. The summed E-state index contributed by atoms with van der Waals surface area (Å²) >= 11 is 1.69. The summed E-state index contributed by atoms with van der Waals surface area (Å²) in [6, 6.07) is 6.47. The zero-order valence-corrected chi connectivity index (χ0v) is 10.5. The molecule has 1 aromatic carbocycles. The van der Waals surface area contributed by atoms with E-state index in [2.05, 4.69) is 42.4 Å². The van der Waals surface area contributed by atoms with Crippen molar-refractivity contribution in [3.8, 4) is 11.3 Å². The van der Waals surface area contributed by atoms with Gasteiger partial charge >= 0.3 is 0 Å². The topological polar surface area (TPSA) is 38.9 Å². The molecular formula is C13H16N2S. The molecule has 0 saturated carbocycles. The van der Waals surface area contributed by atoms with Crippen molar-refractivity contribution in [2.75, 3.05) is 6.54 Å². The molecule has 16 heavy (non-hydrogen) atoms. The van der Waals surface area contributed by atoms with Gasteiger partial charge in [-0.1, -0.05) is 17.7 Å². The van der Waals surface area contributed by atoms with Gasteiger partial charge in [-0.05, 0) is 32.0 Å². The van der Waals surface area contributed by atoms with Crippen molar-refractivity contribution < 1.29 is 0 Å². The molecule has 0 aliphatic carbocycles. The highest BCUT2D eigenvalue weighted by Gasteiger charge is 2.06. The second-order valence-corrected chi connectivity index (χ2v) is 4.93. The number of nitrogens with zero attached hydrogens (tertiary/aromatic N) is 1. The highest BCUT2D eigenvalue weighted by molar-refractivity contribution is 7.09. The number of hydrogen-bond acceptors (Lipinski definition) is 3. The lowest BCUT2D eigenvalue weighted by atomic mass is 10.0. The molecule has 84 valence electrons. The molecule has 1 heterocycles. The Morgan fingerprint density at radius 1 is 1.31 bits per heavy atom. The third-order valence-electron chi connectivity index (χ3n) is 2.58. The molecule has 2 N–H and O–H groups in total. The summed E-state index contributed by atoms with van der Waals surface area (Å²) in [4.78, 5) is 4.61. The van der Waals surface area contributed by atoms with Gasteiger partial charge in [-0.2, -0.15) is 0 Å². The third-order valence-corrected chi connectivity index (χ3v) is 3.49. The number of rotatable bonds is 3. The van der Waals surface area contributed by atoms with Crippen LogP contribution in [0, 0.1) is 13.8 Å². The van der Waals surface area contributed by atoms with E-state index in [4.69, 9.17) is 5.73 Å². The zero-order valence-electron chi connectivity index (χ0n) is 9.66. The maximum atomic E-state index is 5.53. The molecule has 0 atom stereocenters. The van der Waals surface area contributed by atoms with Crippen molar-refractivity contribution in [2.24, 2.45) is 5.73 Å². The van der Waals surface area contributed by atoms with Crippen LogP contribution in [0.1, 0.15) is 16.1 Å². The van der Waals surface area contributed by atoms with Crippen LogP contribution < -0.4 is 5.73 Å². The van der Waals surface area contributed by atoms with Crippen LogP contribution in [0.3, 0.4) is 0 Å². The van der Waals surface area contributed by atoms with Gasteiger partial charge in [-0.25, -0.2) is 4.98 Å². The number of nitrogens with two attached hydrogens (primary N) is 1. The Bertz CT molecular complexity index is 488. The molecule has 2 rings (SSSR count). The van der Waals surface area contributed by atoms with E-state index in [0.29, 0.717) is 6.54 Å². The molecule has 3 heteroatoms. The predicted octanol–water partition coefficient (Wildman–Crippen LogP) is 2.93. The van der Waals surface area contributed by atoms with Crippen molar-refractivity contribution in [1.29, 1.82) is 0 Å². The fraction of sp³-hybridized carbons (Fsp3) is 0.308. The molecule has 0 unspecified atom stereocenters. The van der Waals surface area contributed by atoms with Gasteiger partial charge in [0.05, 0.1) is 10.7 Å². The summed E-state index contributed by atoms with van der Waals surface area (Å²) in [6.45, 7) is 4.90. The number of benzene rings is 1. The average molecular weight is 232 g/mol. The Kier molecular flexibility index (Phi) is 3.36. The summed E-state index contributed by atoms with van der Waals surface area (Å²) in [5.74, 6) is 0. The number of thiazole rings is 1. The Morgan fingerprint density at radius 3 is 2.88 bits per heavy atom. The van der Waals surface area contributed by atoms with Gasteiger partial charge in [0.25, 0.3) is 0 Å². The smallest absolute Gasteiger partial charge is 0.0945 e. The monoisotopic (exact) mass is 232 g/mol. The van der Waals surface area contributed by atoms with Crippen molar-refractivity contribution in [2.45, 2.75) is 20.3 Å². The first-order valence-corrected chi connectivity index (χ1v) is 6.31. The van der Waals surface area contributed by atoms with Crippen molar-refractivity contribution in [1.82, 2.24) is 4.98 Å². The molecule has 0 bridgehead atoms. The van der Waals surface area contributed by atoms with Crippen LogP contribution in [-0.2, 0) is 6.42 Å². The van der Waals surface area contributed by atoms with Crippen LogP contribution >= 0.6 is 11.3 Å². The minimum atomic E-state index is 0.666. The first-order chi connectivity index (χ1) is 7.70. The van der Waals surface area contributed by atoms with Gasteiger partial charge < -0.3 is 5.73 Å². The molecule has 0 aliphatic rings. The van der Waals surface area contributed by atoms with Crippen molar-refractivity contribution in [3.63, 3.8) is 0 Å². The molecule has 0 aliphatic heterocycles. The lowest BCUT2D eigenvalue weighted by Crippen LogP contribution is -2.02. The lowest BCUT2D eigenvalue weighted by Gasteiger charge is -2.03. The van der Waals surface area contributed by atoms with E-state index in [1.54, 1.807) is 11.3 Å². The second kappa shape index (κ2) is 4.76. The van der Waals surface area contributed by atoms with E-state index in [1.807, 2.05) is 0 Å². The molecule has 0 spiro atoms. The van der Waals surface area contributed by atoms with E-state index >= 15 is 0 Å². The summed E-state index contributed by atoms with van der Waals surface area (Å²) in [7, 11) is 0. The van der Waals surface area contributed by atoms with E-state index in [1.165, 1.54) is 16.7 Å². The summed E-state index contributed by atoms with van der Waals surface area (Å²) in [6.07, 6.45) is 0.871. The Hall–Kier alpha value is -1.19. The minimum Gasteiger partial charge on any atom is -0.330 e. The van der Waals surface area contributed by atoms with Crippen LogP contribution in [0.2, 0.25) is 0 Å². The number of hydrogen-bond donors (Lipinski definition) is 1. The second-order valence-electron chi connectivity index (χ2n) is 3.98. The van der Waals surface area contributed by atoms with Gasteiger partial charge in [-0.3, -0.25) is 0 Å². The van der Waals surface area contributed by atoms with Crippen LogP contribution in [0.4, 0.5) is 0 Å². The highest BCUT2D eigenvalue weighted by atomic mass is 32.1. The number of aromatic nitrogens is 1. The molecule has 2 nitrogen and oxygen atoms in total. The molecule has 1 aromatic heterocycles. The summed E-state index contributed by atoms with van der Waals surface area (Å²) in [5.41, 5.74) is 10.4. The van der Waals surface area contributed by atoms with Crippen LogP contribution in [0.15, 0.2) is 23.6 Å². The van der Waals surface area contributed by atoms with Crippen LogP contribution in [0.25, 0.3) is 11.3 Å². The third kappa shape index (κ3) is 2.31. The molecular weight excluding hydrogens is 216 g/mol. The Balaban J connectivity index is 2.38. The molecule has 0 amide bonds. The van der Waals surface area contributed by atoms with E-state index in [0.717, 1.165) is 17.1 Å². The van der Waals surface area contributed by atoms with Gasteiger partial charge in [0.15, 0.2) is 0 Å². The molecule has 0 fully saturated rings. The predicted molar refractivity (Wildman–Crippen MR) is 69.8 cm³/mol. The summed E-state index contributed by atoms with van der Waals surface area (Å²) < 4.78 is 0. The number of aryl methyl sites for hydroxylation is 2. The standard InChI is InChI=1S/C13H16N2S/c1-9-3-4-10(2)11(7-9)12-8-16-13(15-12)5-6-14/h3-4,7-8H,5-6,14H2,1-2H3. The van der Waals surface area contributed by atoms with Gasteiger partial charge in [0, 0.05) is 17.4 Å². The van der Waals surface area contributed by atoms with E-state index in [9.17, 15) is 0 Å². The fourth-order valence-corrected chi connectivity index (χ4v) is 2.50. The fourth-order valence-electron chi connectivity index (χ4n) is 1.68. The van der Waals surface area contributed by atoms with Gasteiger partial charge in [0.2, 0.25) is 0 Å². The lowest BCUT2D eigenvalue weighted by molar-refractivity contribution is 0.954. The maximum Gasteiger partial charge on any atom is 0.0945 e.